The Morgan fingerprint density at radius 3 is 3.07 bits per heavy atom. The van der Waals surface area contributed by atoms with Crippen LogP contribution < -0.4 is 10.5 Å². The van der Waals surface area contributed by atoms with Crippen molar-refractivity contribution in [2.24, 2.45) is 5.73 Å². The van der Waals surface area contributed by atoms with Gasteiger partial charge in [0.25, 0.3) is 0 Å². The van der Waals surface area contributed by atoms with Crippen molar-refractivity contribution < 1.29 is 4.74 Å². The number of ether oxygens (including phenoxy) is 1. The number of hydrogen-bond acceptors (Lipinski definition) is 2. The van der Waals surface area contributed by atoms with Crippen LogP contribution in [-0.4, -0.2) is 6.61 Å². The molecule has 1 atom stereocenters. The van der Waals surface area contributed by atoms with Crippen molar-refractivity contribution in [2.45, 2.75) is 25.8 Å². The number of nitrogens with two attached hydrogens (primary N) is 1. The van der Waals surface area contributed by atoms with Crippen molar-refractivity contribution >= 4 is 11.6 Å². The van der Waals surface area contributed by atoms with Crippen LogP contribution in [0.5, 0.6) is 5.75 Å². The molecular weight excluding hydrogens is 198 g/mol. The SMILES string of the molecule is Cc1cc(Cl)cc2c1OCCC[C@@H]2N. The van der Waals surface area contributed by atoms with Gasteiger partial charge >= 0.3 is 0 Å². The summed E-state index contributed by atoms with van der Waals surface area (Å²) >= 11 is 5.99. The van der Waals surface area contributed by atoms with Gasteiger partial charge in [0.15, 0.2) is 0 Å². The fraction of sp³-hybridized carbons (Fsp3) is 0.455. The zero-order valence-electron chi connectivity index (χ0n) is 8.22. The molecule has 1 aromatic rings. The Kier molecular flexibility index (Phi) is 2.66. The van der Waals surface area contributed by atoms with Gasteiger partial charge in [-0.25, -0.2) is 0 Å². The third-order valence-electron chi connectivity index (χ3n) is 2.57. The maximum absolute atomic E-state index is 6.05. The smallest absolute Gasteiger partial charge is 0.127 e. The van der Waals surface area contributed by atoms with Crippen molar-refractivity contribution in [1.29, 1.82) is 0 Å². The molecule has 2 N–H and O–H groups in total. The second-order valence-corrected chi connectivity index (χ2v) is 4.17. The Hall–Kier alpha value is -0.730. The molecule has 0 radical (unpaired) electrons. The Morgan fingerprint density at radius 1 is 1.50 bits per heavy atom. The van der Waals surface area contributed by atoms with Gasteiger partial charge < -0.3 is 10.5 Å². The van der Waals surface area contributed by atoms with Crippen LogP contribution in [0.25, 0.3) is 0 Å². The minimum Gasteiger partial charge on any atom is -0.493 e. The van der Waals surface area contributed by atoms with E-state index in [0.29, 0.717) is 0 Å². The monoisotopic (exact) mass is 211 g/mol. The summed E-state index contributed by atoms with van der Waals surface area (Å²) in [6.07, 6.45) is 1.97. The van der Waals surface area contributed by atoms with E-state index >= 15 is 0 Å². The summed E-state index contributed by atoms with van der Waals surface area (Å²) in [5, 5.41) is 0.738. The van der Waals surface area contributed by atoms with Crippen LogP contribution >= 0.6 is 11.6 Å². The van der Waals surface area contributed by atoms with E-state index in [0.717, 1.165) is 41.3 Å². The van der Waals surface area contributed by atoms with E-state index in [4.69, 9.17) is 22.1 Å². The topological polar surface area (TPSA) is 35.2 Å². The normalized spacial score (nSPS) is 20.9. The van der Waals surface area contributed by atoms with Crippen molar-refractivity contribution in [3.63, 3.8) is 0 Å². The zero-order valence-corrected chi connectivity index (χ0v) is 8.97. The second-order valence-electron chi connectivity index (χ2n) is 3.74. The van der Waals surface area contributed by atoms with E-state index in [9.17, 15) is 0 Å². The molecule has 0 spiro atoms. The van der Waals surface area contributed by atoms with E-state index in [1.807, 2.05) is 19.1 Å². The number of hydrogen-bond donors (Lipinski definition) is 1. The van der Waals surface area contributed by atoms with Gasteiger partial charge in [-0.05, 0) is 37.5 Å². The van der Waals surface area contributed by atoms with Gasteiger partial charge in [0.1, 0.15) is 5.75 Å². The summed E-state index contributed by atoms with van der Waals surface area (Å²) < 4.78 is 5.67. The highest BCUT2D eigenvalue weighted by Crippen LogP contribution is 2.35. The minimum absolute atomic E-state index is 0.0601. The first kappa shape index (κ1) is 9.81. The third-order valence-corrected chi connectivity index (χ3v) is 2.79. The molecule has 0 saturated carbocycles. The molecule has 0 amide bonds. The number of benzene rings is 1. The summed E-state index contributed by atoms with van der Waals surface area (Å²) in [5.74, 6) is 0.930. The molecule has 1 aromatic carbocycles. The summed E-state index contributed by atoms with van der Waals surface area (Å²) in [4.78, 5) is 0. The first-order valence-corrected chi connectivity index (χ1v) is 5.24. The van der Waals surface area contributed by atoms with Crippen molar-refractivity contribution in [1.82, 2.24) is 0 Å². The van der Waals surface area contributed by atoms with E-state index in [2.05, 4.69) is 0 Å². The highest BCUT2D eigenvalue weighted by atomic mass is 35.5. The van der Waals surface area contributed by atoms with Crippen molar-refractivity contribution in [3.05, 3.63) is 28.3 Å². The molecule has 2 nitrogen and oxygen atoms in total. The van der Waals surface area contributed by atoms with Crippen LogP contribution in [-0.2, 0) is 0 Å². The highest BCUT2D eigenvalue weighted by molar-refractivity contribution is 6.30. The lowest BCUT2D eigenvalue weighted by Crippen LogP contribution is -2.09. The fourth-order valence-corrected chi connectivity index (χ4v) is 2.14. The van der Waals surface area contributed by atoms with Crippen LogP contribution in [0.4, 0.5) is 0 Å². The van der Waals surface area contributed by atoms with Gasteiger partial charge in [-0.15, -0.1) is 0 Å². The Bertz CT molecular complexity index is 351. The number of fused-ring (bicyclic) bond motifs is 1. The average Bonchev–Trinajstić information content (AvgIpc) is 2.29. The number of halogens is 1. The van der Waals surface area contributed by atoms with E-state index in [1.165, 1.54) is 0 Å². The van der Waals surface area contributed by atoms with Crippen LogP contribution in [0.15, 0.2) is 12.1 Å². The van der Waals surface area contributed by atoms with Gasteiger partial charge in [-0.3, -0.25) is 0 Å². The van der Waals surface area contributed by atoms with Gasteiger partial charge in [0.05, 0.1) is 6.61 Å². The average molecular weight is 212 g/mol. The molecule has 1 aliphatic rings. The lowest BCUT2D eigenvalue weighted by Gasteiger charge is -2.14. The van der Waals surface area contributed by atoms with Gasteiger partial charge in [0.2, 0.25) is 0 Å². The second kappa shape index (κ2) is 3.79. The summed E-state index contributed by atoms with van der Waals surface area (Å²) in [6, 6.07) is 3.89. The van der Waals surface area contributed by atoms with E-state index < -0.39 is 0 Å². The predicted octanol–water partition coefficient (Wildman–Crippen LogP) is 2.82. The Labute approximate surface area is 89.0 Å². The number of rotatable bonds is 0. The van der Waals surface area contributed by atoms with Crippen LogP contribution in [0, 0.1) is 6.92 Å². The van der Waals surface area contributed by atoms with Crippen LogP contribution in [0.3, 0.4) is 0 Å². The first-order chi connectivity index (χ1) is 6.68. The largest absolute Gasteiger partial charge is 0.493 e. The quantitative estimate of drug-likeness (QED) is 0.716. The maximum atomic E-state index is 6.05. The Morgan fingerprint density at radius 2 is 2.29 bits per heavy atom. The standard InChI is InChI=1S/C11H14ClNO/c1-7-5-8(12)6-9-10(13)3-2-4-14-11(7)9/h5-6,10H,2-4,13H2,1H3/t10-/m0/s1. The molecule has 14 heavy (non-hydrogen) atoms. The van der Waals surface area contributed by atoms with Crippen LogP contribution in [0.1, 0.15) is 30.0 Å². The molecule has 76 valence electrons. The minimum atomic E-state index is 0.0601. The molecular formula is C11H14ClNO. The molecule has 0 fully saturated rings. The molecule has 0 bridgehead atoms. The van der Waals surface area contributed by atoms with Crippen molar-refractivity contribution in [2.75, 3.05) is 6.61 Å². The van der Waals surface area contributed by atoms with E-state index in [-0.39, 0.29) is 6.04 Å². The third kappa shape index (κ3) is 1.72. The summed E-state index contributed by atoms with van der Waals surface area (Å²) in [7, 11) is 0. The first-order valence-electron chi connectivity index (χ1n) is 4.87. The lowest BCUT2D eigenvalue weighted by atomic mass is 10.0. The molecule has 0 unspecified atom stereocenters. The molecule has 1 heterocycles. The van der Waals surface area contributed by atoms with Crippen LogP contribution in [0.2, 0.25) is 5.02 Å². The van der Waals surface area contributed by atoms with Gasteiger partial charge in [-0.1, -0.05) is 11.6 Å². The summed E-state index contributed by atoms with van der Waals surface area (Å²) in [5.41, 5.74) is 8.17. The molecule has 0 saturated heterocycles. The summed E-state index contributed by atoms with van der Waals surface area (Å²) in [6.45, 7) is 2.76. The molecule has 3 heteroatoms. The lowest BCUT2D eigenvalue weighted by molar-refractivity contribution is 0.314. The fourth-order valence-electron chi connectivity index (χ4n) is 1.86. The maximum Gasteiger partial charge on any atom is 0.127 e. The Balaban J connectivity index is 2.53. The van der Waals surface area contributed by atoms with Gasteiger partial charge in [0, 0.05) is 16.6 Å². The molecule has 2 rings (SSSR count). The molecule has 0 aliphatic carbocycles. The molecule has 0 aromatic heterocycles. The van der Waals surface area contributed by atoms with E-state index in [1.54, 1.807) is 0 Å². The zero-order chi connectivity index (χ0) is 10.1. The highest BCUT2D eigenvalue weighted by Gasteiger charge is 2.18. The van der Waals surface area contributed by atoms with Gasteiger partial charge in [-0.2, -0.15) is 0 Å². The molecule has 1 aliphatic heterocycles. The predicted molar refractivity (Wildman–Crippen MR) is 57.8 cm³/mol. The van der Waals surface area contributed by atoms with Crippen molar-refractivity contribution in [3.8, 4) is 5.75 Å². The number of aryl methyl sites for hydroxylation is 1.